The van der Waals surface area contributed by atoms with Crippen LogP contribution in [0.5, 0.6) is 0 Å². The molecule has 1 fully saturated rings. The van der Waals surface area contributed by atoms with Crippen molar-refractivity contribution in [3.8, 4) is 0 Å². The Balaban J connectivity index is 1.79. The Hall–Kier alpha value is -0.960. The van der Waals surface area contributed by atoms with E-state index in [0.717, 1.165) is 23.6 Å². The molecular formula is C17H25NOS. The van der Waals surface area contributed by atoms with Crippen molar-refractivity contribution in [1.82, 2.24) is 5.32 Å². The fraction of sp³-hybridized carbons (Fsp3) is 0.588. The quantitative estimate of drug-likeness (QED) is 0.849. The van der Waals surface area contributed by atoms with Gasteiger partial charge < -0.3 is 5.32 Å². The summed E-state index contributed by atoms with van der Waals surface area (Å²) in [6, 6.07) is 8.03. The van der Waals surface area contributed by atoms with Gasteiger partial charge in [0, 0.05) is 17.9 Å². The number of hydrogen-bond donors (Lipinski definition) is 1. The van der Waals surface area contributed by atoms with Crippen LogP contribution in [0.25, 0.3) is 0 Å². The molecule has 0 spiro atoms. The third-order valence-corrected chi connectivity index (χ3v) is 4.91. The maximum atomic E-state index is 12.1. The molecular weight excluding hydrogens is 266 g/mol. The van der Waals surface area contributed by atoms with Gasteiger partial charge in [-0.15, -0.1) is 0 Å². The normalized spacial score (nSPS) is 16.1. The van der Waals surface area contributed by atoms with Gasteiger partial charge in [-0.1, -0.05) is 38.3 Å². The van der Waals surface area contributed by atoms with Gasteiger partial charge in [0.25, 0.3) is 5.91 Å². The van der Waals surface area contributed by atoms with E-state index in [1.54, 1.807) is 0 Å². The van der Waals surface area contributed by atoms with Crippen LogP contribution in [0.1, 0.15) is 54.9 Å². The first-order chi connectivity index (χ1) is 9.79. The number of amides is 1. The summed E-state index contributed by atoms with van der Waals surface area (Å²) in [6.45, 7) is 3.00. The average Bonchev–Trinajstić information content (AvgIpc) is 2.52. The molecule has 0 aromatic heterocycles. The third-order valence-electron chi connectivity index (χ3n) is 3.97. The van der Waals surface area contributed by atoms with E-state index in [-0.39, 0.29) is 5.91 Å². The zero-order valence-corrected chi connectivity index (χ0v) is 13.2. The van der Waals surface area contributed by atoms with E-state index >= 15 is 0 Å². The molecule has 0 radical (unpaired) electrons. The van der Waals surface area contributed by atoms with Gasteiger partial charge in [0.05, 0.1) is 0 Å². The molecule has 0 atom stereocenters. The number of benzene rings is 1. The van der Waals surface area contributed by atoms with E-state index in [9.17, 15) is 4.79 Å². The molecule has 0 bridgehead atoms. The molecule has 1 aromatic rings. The van der Waals surface area contributed by atoms with Crippen LogP contribution in [0, 0.1) is 5.92 Å². The maximum absolute atomic E-state index is 12.1. The molecule has 0 unspecified atom stereocenters. The van der Waals surface area contributed by atoms with Crippen molar-refractivity contribution >= 4 is 17.7 Å². The van der Waals surface area contributed by atoms with Crippen molar-refractivity contribution < 1.29 is 4.79 Å². The second-order valence-electron chi connectivity index (χ2n) is 5.55. The smallest absolute Gasteiger partial charge is 0.251 e. The summed E-state index contributed by atoms with van der Waals surface area (Å²) in [5, 5.41) is 3.09. The first-order valence-corrected chi connectivity index (χ1v) is 8.90. The number of thioether (sulfide) groups is 1. The number of carbonyl (C=O) groups excluding carboxylic acids is 1. The fourth-order valence-corrected chi connectivity index (χ4v) is 3.33. The molecule has 1 amide bonds. The van der Waals surface area contributed by atoms with Crippen LogP contribution in [0.3, 0.4) is 0 Å². The molecule has 1 aromatic carbocycles. The SMILES string of the molecule is CCSCc1ccc(C(=O)NCC2CCCCC2)cc1. The number of nitrogens with one attached hydrogen (secondary N) is 1. The molecule has 1 N–H and O–H groups in total. The molecule has 3 heteroatoms. The predicted molar refractivity (Wildman–Crippen MR) is 87.2 cm³/mol. The Labute approximate surface area is 126 Å². The number of carbonyl (C=O) groups is 1. The van der Waals surface area contributed by atoms with E-state index < -0.39 is 0 Å². The highest BCUT2D eigenvalue weighted by molar-refractivity contribution is 7.98. The topological polar surface area (TPSA) is 29.1 Å². The Morgan fingerprint density at radius 2 is 1.90 bits per heavy atom. The van der Waals surface area contributed by atoms with Crippen LogP contribution < -0.4 is 5.32 Å². The Bertz CT molecular complexity index is 410. The largest absolute Gasteiger partial charge is 0.352 e. The zero-order chi connectivity index (χ0) is 14.2. The summed E-state index contributed by atoms with van der Waals surface area (Å²) >= 11 is 1.90. The number of hydrogen-bond acceptors (Lipinski definition) is 2. The molecule has 1 aliphatic rings. The fourth-order valence-electron chi connectivity index (χ4n) is 2.70. The summed E-state index contributed by atoms with van der Waals surface area (Å²) in [5.41, 5.74) is 2.08. The molecule has 0 saturated heterocycles. The van der Waals surface area contributed by atoms with Gasteiger partial charge in [-0.3, -0.25) is 4.79 Å². The Kier molecular flexibility index (Phi) is 6.44. The highest BCUT2D eigenvalue weighted by Crippen LogP contribution is 2.22. The van der Waals surface area contributed by atoms with Crippen molar-refractivity contribution in [2.45, 2.75) is 44.8 Å². The van der Waals surface area contributed by atoms with E-state index in [4.69, 9.17) is 0 Å². The maximum Gasteiger partial charge on any atom is 0.251 e. The minimum Gasteiger partial charge on any atom is -0.352 e. The van der Waals surface area contributed by atoms with Gasteiger partial charge in [0.2, 0.25) is 0 Å². The Morgan fingerprint density at radius 1 is 1.20 bits per heavy atom. The van der Waals surface area contributed by atoms with Crippen molar-refractivity contribution in [1.29, 1.82) is 0 Å². The lowest BCUT2D eigenvalue weighted by molar-refractivity contribution is 0.0943. The third kappa shape index (κ3) is 4.86. The number of rotatable bonds is 6. The molecule has 110 valence electrons. The molecule has 2 rings (SSSR count). The average molecular weight is 291 g/mol. The first kappa shape index (κ1) is 15.4. The lowest BCUT2D eigenvalue weighted by atomic mass is 9.89. The summed E-state index contributed by atoms with van der Waals surface area (Å²) < 4.78 is 0. The minimum atomic E-state index is 0.0743. The second kappa shape index (κ2) is 8.35. The van der Waals surface area contributed by atoms with E-state index in [0.29, 0.717) is 5.92 Å². The van der Waals surface area contributed by atoms with Crippen molar-refractivity contribution in [3.05, 3.63) is 35.4 Å². The lowest BCUT2D eigenvalue weighted by Crippen LogP contribution is -2.30. The van der Waals surface area contributed by atoms with Crippen LogP contribution in [-0.4, -0.2) is 18.2 Å². The molecule has 2 nitrogen and oxygen atoms in total. The molecule has 0 aliphatic heterocycles. The highest BCUT2D eigenvalue weighted by Gasteiger charge is 2.14. The molecule has 20 heavy (non-hydrogen) atoms. The van der Waals surface area contributed by atoms with Gasteiger partial charge >= 0.3 is 0 Å². The minimum absolute atomic E-state index is 0.0743. The van der Waals surface area contributed by atoms with E-state index in [2.05, 4.69) is 24.4 Å². The molecule has 0 heterocycles. The molecule has 1 saturated carbocycles. The van der Waals surface area contributed by atoms with Crippen molar-refractivity contribution in [2.75, 3.05) is 12.3 Å². The summed E-state index contributed by atoms with van der Waals surface area (Å²) in [6.07, 6.45) is 6.55. The first-order valence-electron chi connectivity index (χ1n) is 7.74. The van der Waals surface area contributed by atoms with Crippen molar-refractivity contribution in [3.63, 3.8) is 0 Å². The summed E-state index contributed by atoms with van der Waals surface area (Å²) in [5.74, 6) is 2.92. The van der Waals surface area contributed by atoms with Crippen LogP contribution >= 0.6 is 11.8 Å². The van der Waals surface area contributed by atoms with Gasteiger partial charge in [0.1, 0.15) is 0 Å². The van der Waals surface area contributed by atoms with Gasteiger partial charge in [-0.05, 0) is 42.2 Å². The summed E-state index contributed by atoms with van der Waals surface area (Å²) in [7, 11) is 0. The van der Waals surface area contributed by atoms with Gasteiger partial charge in [-0.2, -0.15) is 11.8 Å². The highest BCUT2D eigenvalue weighted by atomic mass is 32.2. The van der Waals surface area contributed by atoms with Gasteiger partial charge in [-0.25, -0.2) is 0 Å². The van der Waals surface area contributed by atoms with Gasteiger partial charge in [0.15, 0.2) is 0 Å². The monoisotopic (exact) mass is 291 g/mol. The van der Waals surface area contributed by atoms with Crippen molar-refractivity contribution in [2.24, 2.45) is 5.92 Å². The van der Waals surface area contributed by atoms with E-state index in [1.165, 1.54) is 37.7 Å². The van der Waals surface area contributed by atoms with Crippen LogP contribution in [0.2, 0.25) is 0 Å². The molecule has 1 aliphatic carbocycles. The van der Waals surface area contributed by atoms with E-state index in [1.807, 2.05) is 23.9 Å². The second-order valence-corrected chi connectivity index (χ2v) is 6.82. The standard InChI is InChI=1S/C17H25NOS/c1-2-20-13-15-8-10-16(11-9-15)17(19)18-12-14-6-4-3-5-7-14/h8-11,14H,2-7,12-13H2,1H3,(H,18,19). The zero-order valence-electron chi connectivity index (χ0n) is 12.4. The van der Waals surface area contributed by atoms with Crippen LogP contribution in [0.4, 0.5) is 0 Å². The van der Waals surface area contributed by atoms with Crippen LogP contribution in [-0.2, 0) is 5.75 Å². The Morgan fingerprint density at radius 3 is 2.55 bits per heavy atom. The lowest BCUT2D eigenvalue weighted by Gasteiger charge is -2.21. The summed E-state index contributed by atoms with van der Waals surface area (Å²) in [4.78, 5) is 12.1. The van der Waals surface area contributed by atoms with Crippen LogP contribution in [0.15, 0.2) is 24.3 Å². The predicted octanol–water partition coefficient (Wildman–Crippen LogP) is 4.25.